The SMILES string of the molecule is O=S1CCN(Cc2cc(C#CCCO)cs2)CC1. The van der Waals surface area contributed by atoms with Gasteiger partial charge in [-0.1, -0.05) is 11.8 Å². The molecule has 1 aliphatic heterocycles. The van der Waals surface area contributed by atoms with Gasteiger partial charge in [0, 0.05) is 64.2 Å². The Balaban J connectivity index is 1.87. The van der Waals surface area contributed by atoms with Gasteiger partial charge in [-0.3, -0.25) is 9.11 Å². The second-order valence-electron chi connectivity index (χ2n) is 4.20. The lowest BCUT2D eigenvalue weighted by molar-refractivity contribution is 0.294. The molecular weight excluding hydrogens is 266 g/mol. The van der Waals surface area contributed by atoms with Crippen molar-refractivity contribution in [2.45, 2.75) is 13.0 Å². The topological polar surface area (TPSA) is 40.5 Å². The Morgan fingerprint density at radius 3 is 2.94 bits per heavy atom. The third-order valence-electron chi connectivity index (χ3n) is 2.77. The first-order valence-electron chi connectivity index (χ1n) is 6.02. The molecule has 1 aromatic rings. The standard InChI is InChI=1S/C13H17NO2S2/c15-6-2-1-3-12-9-13(17-11-12)10-14-4-7-18(16)8-5-14/h9,11,15H,2,4-8,10H2. The molecule has 1 saturated heterocycles. The summed E-state index contributed by atoms with van der Waals surface area (Å²) in [5.74, 6) is 7.57. The Kier molecular flexibility index (Phi) is 5.39. The Morgan fingerprint density at radius 2 is 2.22 bits per heavy atom. The highest BCUT2D eigenvalue weighted by Gasteiger charge is 2.15. The van der Waals surface area contributed by atoms with Gasteiger partial charge in [0.15, 0.2) is 0 Å². The lowest BCUT2D eigenvalue weighted by atomic mass is 10.3. The summed E-state index contributed by atoms with van der Waals surface area (Å²) in [5, 5.41) is 10.7. The average molecular weight is 283 g/mol. The maximum absolute atomic E-state index is 11.3. The summed E-state index contributed by atoms with van der Waals surface area (Å²) >= 11 is 1.72. The second kappa shape index (κ2) is 7.05. The Labute approximate surface area is 114 Å². The van der Waals surface area contributed by atoms with Gasteiger partial charge in [-0.25, -0.2) is 0 Å². The second-order valence-corrected chi connectivity index (χ2v) is 6.89. The molecule has 0 aliphatic carbocycles. The van der Waals surface area contributed by atoms with Crippen LogP contribution in [0.25, 0.3) is 0 Å². The number of rotatable bonds is 3. The fourth-order valence-corrected chi connectivity index (χ4v) is 3.79. The molecule has 0 radical (unpaired) electrons. The van der Waals surface area contributed by atoms with Gasteiger partial charge < -0.3 is 5.11 Å². The van der Waals surface area contributed by atoms with E-state index in [9.17, 15) is 4.21 Å². The summed E-state index contributed by atoms with van der Waals surface area (Å²) in [5.41, 5.74) is 1.03. The molecule has 1 N–H and O–H groups in total. The molecule has 2 rings (SSSR count). The lowest BCUT2D eigenvalue weighted by Crippen LogP contribution is -2.36. The summed E-state index contributed by atoms with van der Waals surface area (Å²) in [7, 11) is -0.603. The van der Waals surface area contributed by atoms with E-state index >= 15 is 0 Å². The Morgan fingerprint density at radius 1 is 1.44 bits per heavy atom. The van der Waals surface area contributed by atoms with Crippen molar-refractivity contribution in [1.29, 1.82) is 0 Å². The van der Waals surface area contributed by atoms with Crippen LogP contribution in [0.5, 0.6) is 0 Å². The molecule has 5 heteroatoms. The van der Waals surface area contributed by atoms with Gasteiger partial charge in [-0.15, -0.1) is 11.3 Å². The minimum absolute atomic E-state index is 0.120. The molecule has 1 fully saturated rings. The molecule has 0 saturated carbocycles. The van der Waals surface area contributed by atoms with Crippen LogP contribution in [-0.4, -0.2) is 45.4 Å². The predicted molar refractivity (Wildman–Crippen MR) is 76.1 cm³/mol. The quantitative estimate of drug-likeness (QED) is 0.843. The van der Waals surface area contributed by atoms with E-state index < -0.39 is 10.8 Å². The first kappa shape index (κ1) is 13.8. The first-order valence-corrected chi connectivity index (χ1v) is 8.39. The lowest BCUT2D eigenvalue weighted by Gasteiger charge is -2.25. The van der Waals surface area contributed by atoms with Crippen LogP contribution in [0.15, 0.2) is 11.4 Å². The van der Waals surface area contributed by atoms with E-state index in [0.717, 1.165) is 36.7 Å². The van der Waals surface area contributed by atoms with Crippen molar-refractivity contribution in [3.05, 3.63) is 21.9 Å². The van der Waals surface area contributed by atoms with Crippen molar-refractivity contribution in [2.75, 3.05) is 31.2 Å². The van der Waals surface area contributed by atoms with E-state index in [0.29, 0.717) is 6.42 Å². The normalized spacial score (nSPS) is 17.4. The molecule has 98 valence electrons. The van der Waals surface area contributed by atoms with Crippen LogP contribution in [0, 0.1) is 11.8 Å². The van der Waals surface area contributed by atoms with E-state index in [1.807, 2.05) is 0 Å². The van der Waals surface area contributed by atoms with E-state index in [1.165, 1.54) is 4.88 Å². The fraction of sp³-hybridized carbons (Fsp3) is 0.538. The zero-order valence-electron chi connectivity index (χ0n) is 10.2. The van der Waals surface area contributed by atoms with Crippen molar-refractivity contribution < 1.29 is 9.32 Å². The summed E-state index contributed by atoms with van der Waals surface area (Å²) in [4.78, 5) is 3.65. The van der Waals surface area contributed by atoms with Crippen molar-refractivity contribution >= 4 is 22.1 Å². The van der Waals surface area contributed by atoms with Crippen LogP contribution in [0.4, 0.5) is 0 Å². The Bertz CT molecular complexity index is 463. The summed E-state index contributed by atoms with van der Waals surface area (Å²) in [6.45, 7) is 2.91. The monoisotopic (exact) mass is 283 g/mol. The first-order chi connectivity index (χ1) is 8.78. The van der Waals surface area contributed by atoms with Gasteiger partial charge in [0.1, 0.15) is 0 Å². The molecule has 2 heterocycles. The smallest absolute Gasteiger partial charge is 0.0540 e. The van der Waals surface area contributed by atoms with Gasteiger partial charge >= 0.3 is 0 Å². The average Bonchev–Trinajstić information content (AvgIpc) is 2.80. The van der Waals surface area contributed by atoms with Crippen molar-refractivity contribution in [3.63, 3.8) is 0 Å². The number of aliphatic hydroxyl groups excluding tert-OH is 1. The largest absolute Gasteiger partial charge is 0.395 e. The highest BCUT2D eigenvalue weighted by atomic mass is 32.2. The van der Waals surface area contributed by atoms with Crippen molar-refractivity contribution in [3.8, 4) is 11.8 Å². The zero-order valence-corrected chi connectivity index (χ0v) is 11.9. The van der Waals surface area contributed by atoms with E-state index in [4.69, 9.17) is 5.11 Å². The molecule has 3 nitrogen and oxygen atoms in total. The van der Waals surface area contributed by atoms with Crippen LogP contribution in [0.1, 0.15) is 16.9 Å². The molecule has 0 bridgehead atoms. The molecule has 18 heavy (non-hydrogen) atoms. The number of nitrogens with zero attached hydrogens (tertiary/aromatic N) is 1. The summed E-state index contributed by atoms with van der Waals surface area (Å²) in [6.07, 6.45) is 0.531. The van der Waals surface area contributed by atoms with E-state index in [1.54, 1.807) is 11.3 Å². The maximum Gasteiger partial charge on any atom is 0.0540 e. The number of hydrogen-bond donors (Lipinski definition) is 1. The van der Waals surface area contributed by atoms with Crippen LogP contribution >= 0.6 is 11.3 Å². The minimum atomic E-state index is -0.603. The summed E-state index contributed by atoms with van der Waals surface area (Å²) in [6, 6.07) is 2.11. The fourth-order valence-electron chi connectivity index (χ4n) is 1.80. The van der Waals surface area contributed by atoms with Gasteiger partial charge in [-0.05, 0) is 6.07 Å². The third kappa shape index (κ3) is 4.21. The van der Waals surface area contributed by atoms with Crippen LogP contribution < -0.4 is 0 Å². The minimum Gasteiger partial charge on any atom is -0.395 e. The van der Waals surface area contributed by atoms with Gasteiger partial charge in [0.25, 0.3) is 0 Å². The number of hydrogen-bond acceptors (Lipinski definition) is 4. The molecule has 0 amide bonds. The zero-order chi connectivity index (χ0) is 12.8. The third-order valence-corrected chi connectivity index (χ3v) is 4.97. The summed E-state index contributed by atoms with van der Waals surface area (Å²) < 4.78 is 11.3. The Hall–Kier alpha value is -0.670. The highest BCUT2D eigenvalue weighted by Crippen LogP contribution is 2.17. The molecule has 0 spiro atoms. The van der Waals surface area contributed by atoms with Crippen LogP contribution in [-0.2, 0) is 17.3 Å². The van der Waals surface area contributed by atoms with E-state index in [2.05, 4.69) is 28.2 Å². The van der Waals surface area contributed by atoms with Crippen molar-refractivity contribution in [1.82, 2.24) is 4.90 Å². The van der Waals surface area contributed by atoms with Crippen LogP contribution in [0.2, 0.25) is 0 Å². The van der Waals surface area contributed by atoms with Crippen molar-refractivity contribution in [2.24, 2.45) is 0 Å². The van der Waals surface area contributed by atoms with Gasteiger partial charge in [0.05, 0.1) is 6.61 Å². The predicted octanol–water partition coefficient (Wildman–Crippen LogP) is 1.05. The highest BCUT2D eigenvalue weighted by molar-refractivity contribution is 7.85. The molecule has 0 atom stereocenters. The molecule has 1 aromatic heterocycles. The molecule has 0 aromatic carbocycles. The van der Waals surface area contributed by atoms with Gasteiger partial charge in [-0.2, -0.15) is 0 Å². The van der Waals surface area contributed by atoms with E-state index in [-0.39, 0.29) is 6.61 Å². The molecular formula is C13H17NO2S2. The molecule has 0 unspecified atom stereocenters. The van der Waals surface area contributed by atoms with Crippen LogP contribution in [0.3, 0.4) is 0 Å². The van der Waals surface area contributed by atoms with Gasteiger partial charge in [0.2, 0.25) is 0 Å². The molecule has 1 aliphatic rings. The maximum atomic E-state index is 11.3. The number of aliphatic hydroxyl groups is 1. The number of thiophene rings is 1.